The van der Waals surface area contributed by atoms with Crippen molar-refractivity contribution in [3.05, 3.63) is 102 Å². The van der Waals surface area contributed by atoms with Crippen molar-refractivity contribution in [2.75, 3.05) is 34.9 Å². The van der Waals surface area contributed by atoms with E-state index in [1.165, 1.54) is 57.4 Å². The van der Waals surface area contributed by atoms with Gasteiger partial charge < -0.3 is 20.1 Å². The smallest absolute Gasteiger partial charge is 0.332 e. The summed E-state index contributed by atoms with van der Waals surface area (Å²) in [6.07, 6.45) is 16.0. The molecular weight excluding hydrogens is 800 g/mol. The zero-order valence-electron chi connectivity index (χ0n) is 34.2. The number of nitrogens with zero attached hydrogens (tertiary/aromatic N) is 6. The molecule has 15 heteroatoms. The van der Waals surface area contributed by atoms with Crippen molar-refractivity contribution in [3.63, 3.8) is 0 Å². The largest absolute Gasteiger partial charge is 0.491 e. The molecule has 0 aliphatic carbocycles. The van der Waals surface area contributed by atoms with Crippen molar-refractivity contribution in [2.24, 2.45) is 0 Å². The molecule has 0 radical (unpaired) electrons. The fourth-order valence-corrected chi connectivity index (χ4v) is 7.98. The zero-order valence-corrected chi connectivity index (χ0v) is 35.9. The predicted octanol–water partition coefficient (Wildman–Crippen LogP) is 12.4. The summed E-state index contributed by atoms with van der Waals surface area (Å²) in [5.41, 5.74) is 3.81. The Kier molecular flexibility index (Phi) is 16.3. The Morgan fingerprint density at radius 3 is 1.78 bits per heavy atom. The fourth-order valence-electron chi connectivity index (χ4n) is 6.28. The molecule has 0 unspecified atom stereocenters. The van der Waals surface area contributed by atoms with Crippen molar-refractivity contribution in [2.45, 2.75) is 78.6 Å². The van der Waals surface area contributed by atoms with E-state index in [4.69, 9.17) is 19.4 Å². The highest BCUT2D eigenvalue weighted by Crippen LogP contribution is 2.39. The molecule has 0 saturated carbocycles. The molecule has 0 aliphatic heterocycles. The highest BCUT2D eigenvalue weighted by atomic mass is 32.1. The maximum Gasteiger partial charge on any atom is 0.332 e. The van der Waals surface area contributed by atoms with Crippen LogP contribution >= 0.6 is 22.7 Å². The van der Waals surface area contributed by atoms with Crippen LogP contribution in [0.1, 0.15) is 78.6 Å². The van der Waals surface area contributed by atoms with Gasteiger partial charge in [-0.3, -0.25) is 9.97 Å². The molecule has 0 fully saturated rings. The maximum absolute atomic E-state index is 15.7. The Morgan fingerprint density at radius 2 is 1.20 bits per heavy atom. The Balaban J connectivity index is 1.36. The van der Waals surface area contributed by atoms with Crippen LogP contribution < -0.4 is 29.9 Å². The van der Waals surface area contributed by atoms with Crippen molar-refractivity contribution in [1.82, 2.24) is 25.3 Å². The summed E-state index contributed by atoms with van der Waals surface area (Å²) in [5.74, 6) is -0.103. The van der Waals surface area contributed by atoms with Crippen LogP contribution in [0.4, 0.5) is 41.3 Å². The van der Waals surface area contributed by atoms with Gasteiger partial charge in [0.1, 0.15) is 5.75 Å². The molecule has 0 saturated heterocycles. The number of urea groups is 2. The minimum Gasteiger partial charge on any atom is -0.491 e. The molecule has 4 heterocycles. The summed E-state index contributed by atoms with van der Waals surface area (Å²) in [5, 5.41) is 10.3. The number of rotatable bonds is 21. The molecule has 4 aromatic heterocycles. The van der Waals surface area contributed by atoms with E-state index in [0.717, 1.165) is 56.1 Å². The minimum absolute atomic E-state index is 0.0998. The Morgan fingerprint density at radius 1 is 0.667 bits per heavy atom. The number of unbranched alkanes of at least 4 members (excludes halogenated alkanes) is 7. The summed E-state index contributed by atoms with van der Waals surface area (Å²) >= 11 is 2.53. The van der Waals surface area contributed by atoms with Gasteiger partial charge in [-0.1, -0.05) is 58.8 Å². The second-order valence-electron chi connectivity index (χ2n) is 13.9. The standard InChI is InChI=1S/C45H51FN8O4S2/c1-4-7-9-10-11-13-25-58-41-21-19-35(53(42(55)49-6-3)44-51-38(30-59-44)32-16-14-22-47-28-32)27-37(41)50-43(56)54(45-52-39(31-60-45)33-17-15-23-48-29-33)34-18-20-40(36(46)26-34)57-24-12-8-5-2/h14-23,26-31H,4-13,24-25H2,1-3H3,(H,49,55)(H,50,56). The van der Waals surface area contributed by atoms with E-state index in [1.807, 2.05) is 41.9 Å². The summed E-state index contributed by atoms with van der Waals surface area (Å²) in [6, 6.07) is 16.0. The first-order chi connectivity index (χ1) is 29.4. The van der Waals surface area contributed by atoms with Crippen LogP contribution in [-0.4, -0.2) is 51.8 Å². The highest BCUT2D eigenvalue weighted by Gasteiger charge is 2.27. The lowest BCUT2D eigenvalue weighted by molar-refractivity contribution is 0.249. The lowest BCUT2D eigenvalue weighted by atomic mass is 10.1. The third-order valence-electron chi connectivity index (χ3n) is 9.41. The second-order valence-corrected chi connectivity index (χ2v) is 15.6. The molecule has 6 rings (SSSR count). The van der Waals surface area contributed by atoms with Crippen molar-refractivity contribution >= 4 is 62.1 Å². The average Bonchev–Trinajstić information content (AvgIpc) is 3.96. The van der Waals surface area contributed by atoms with Crippen LogP contribution in [0.5, 0.6) is 11.5 Å². The number of aromatic nitrogens is 4. The third-order valence-corrected chi connectivity index (χ3v) is 11.1. The number of benzene rings is 2. The first kappa shape index (κ1) is 43.6. The van der Waals surface area contributed by atoms with Crippen LogP contribution in [-0.2, 0) is 0 Å². The number of ether oxygens (including phenoxy) is 2. The first-order valence-corrected chi connectivity index (χ1v) is 22.3. The van der Waals surface area contributed by atoms with E-state index >= 15 is 4.39 Å². The third kappa shape index (κ3) is 11.6. The van der Waals surface area contributed by atoms with Gasteiger partial charge in [0, 0.05) is 59.3 Å². The van der Waals surface area contributed by atoms with Gasteiger partial charge in [-0.2, -0.15) is 0 Å². The summed E-state index contributed by atoms with van der Waals surface area (Å²) in [4.78, 5) is 49.3. The van der Waals surface area contributed by atoms with E-state index in [1.54, 1.807) is 49.1 Å². The summed E-state index contributed by atoms with van der Waals surface area (Å²) in [7, 11) is 0. The number of carbonyl (C=O) groups is 2. The van der Waals surface area contributed by atoms with Gasteiger partial charge >= 0.3 is 12.1 Å². The Labute approximate surface area is 358 Å². The maximum atomic E-state index is 15.7. The monoisotopic (exact) mass is 850 g/mol. The number of carbonyl (C=O) groups excluding carboxylic acids is 2. The molecule has 0 bridgehead atoms. The quantitative estimate of drug-likeness (QED) is 0.0684. The Bertz CT molecular complexity index is 2270. The predicted molar refractivity (Wildman–Crippen MR) is 240 cm³/mol. The molecular formula is C45H51FN8O4S2. The zero-order chi connectivity index (χ0) is 42.1. The number of halogens is 1. The molecule has 12 nitrogen and oxygen atoms in total. The van der Waals surface area contributed by atoms with Crippen LogP contribution in [0.2, 0.25) is 0 Å². The van der Waals surface area contributed by atoms with Gasteiger partial charge in [-0.05, 0) is 74.4 Å². The number of amides is 4. The lowest BCUT2D eigenvalue weighted by Gasteiger charge is -2.24. The highest BCUT2D eigenvalue weighted by molar-refractivity contribution is 7.14. The molecule has 60 heavy (non-hydrogen) atoms. The number of hydrogen-bond donors (Lipinski definition) is 2. The van der Waals surface area contributed by atoms with E-state index in [-0.39, 0.29) is 11.4 Å². The molecule has 0 atom stereocenters. The van der Waals surface area contributed by atoms with E-state index in [9.17, 15) is 9.59 Å². The number of hydrogen-bond acceptors (Lipinski definition) is 10. The van der Waals surface area contributed by atoms with Gasteiger partial charge in [0.2, 0.25) is 0 Å². The van der Waals surface area contributed by atoms with E-state index in [2.05, 4.69) is 34.4 Å². The van der Waals surface area contributed by atoms with Gasteiger partial charge in [0.15, 0.2) is 21.8 Å². The van der Waals surface area contributed by atoms with Crippen molar-refractivity contribution in [3.8, 4) is 34.0 Å². The van der Waals surface area contributed by atoms with E-state index in [0.29, 0.717) is 58.5 Å². The normalized spacial score (nSPS) is 10.9. The summed E-state index contributed by atoms with van der Waals surface area (Å²) < 4.78 is 27.8. The summed E-state index contributed by atoms with van der Waals surface area (Å²) in [6.45, 7) is 7.30. The van der Waals surface area contributed by atoms with Crippen LogP contribution in [0.15, 0.2) is 96.2 Å². The van der Waals surface area contributed by atoms with Gasteiger partial charge in [-0.25, -0.2) is 33.7 Å². The molecule has 0 spiro atoms. The number of pyridine rings is 2. The average molecular weight is 851 g/mol. The lowest BCUT2D eigenvalue weighted by Crippen LogP contribution is -2.36. The van der Waals surface area contributed by atoms with E-state index < -0.39 is 17.9 Å². The van der Waals surface area contributed by atoms with Crippen LogP contribution in [0, 0.1) is 5.82 Å². The molecule has 2 aromatic carbocycles. The van der Waals surface area contributed by atoms with Crippen LogP contribution in [0.25, 0.3) is 22.5 Å². The molecule has 2 N–H and O–H groups in total. The number of thiazole rings is 2. The first-order valence-electron chi connectivity index (χ1n) is 20.5. The van der Waals surface area contributed by atoms with Gasteiger partial charge in [-0.15, -0.1) is 22.7 Å². The molecule has 314 valence electrons. The SMILES string of the molecule is CCCCCCCCOc1ccc(N(C(=O)NCC)c2nc(-c3cccnc3)cs2)cc1NC(=O)N(c1ccc(OCCCCC)c(F)c1)c1nc(-c2cccnc2)cs1. The van der Waals surface area contributed by atoms with Crippen LogP contribution in [0.3, 0.4) is 0 Å². The van der Waals surface area contributed by atoms with Crippen molar-refractivity contribution < 1.29 is 23.5 Å². The number of nitrogens with one attached hydrogen (secondary N) is 2. The Hall–Kier alpha value is -5.93. The minimum atomic E-state index is -0.627. The van der Waals surface area contributed by atoms with Gasteiger partial charge in [0.25, 0.3) is 0 Å². The topological polar surface area (TPSA) is 135 Å². The second kappa shape index (κ2) is 22.4. The van der Waals surface area contributed by atoms with Gasteiger partial charge in [0.05, 0.1) is 41.7 Å². The van der Waals surface area contributed by atoms with Crippen molar-refractivity contribution in [1.29, 1.82) is 0 Å². The number of anilines is 5. The molecule has 0 aliphatic rings. The molecule has 4 amide bonds. The molecule has 6 aromatic rings. The fraction of sp³-hybridized carbons (Fsp3) is 0.333.